The fraction of sp³-hybridized carbons (Fsp3) is 0.308. The van der Waals surface area contributed by atoms with Crippen LogP contribution in [-0.4, -0.2) is 16.6 Å². The molecule has 0 saturated heterocycles. The summed E-state index contributed by atoms with van der Waals surface area (Å²) in [6, 6.07) is 5.18. The molecule has 1 aliphatic rings. The van der Waals surface area contributed by atoms with Gasteiger partial charge >= 0.3 is 5.97 Å². The SMILES string of the molecule is CC1=CC(C)(C)Nc2cc(C(=O)O)ccc21. The number of allylic oxidation sites excluding steroid dienone is 1. The maximum absolute atomic E-state index is 10.9. The summed E-state index contributed by atoms with van der Waals surface area (Å²) in [5.41, 5.74) is 3.33. The van der Waals surface area contributed by atoms with Gasteiger partial charge in [0.1, 0.15) is 0 Å². The highest BCUT2D eigenvalue weighted by Crippen LogP contribution is 2.33. The summed E-state index contributed by atoms with van der Waals surface area (Å²) >= 11 is 0. The van der Waals surface area contributed by atoms with Gasteiger partial charge in [-0.2, -0.15) is 0 Å². The molecular weight excluding hydrogens is 202 g/mol. The van der Waals surface area contributed by atoms with E-state index < -0.39 is 5.97 Å². The van der Waals surface area contributed by atoms with Crippen molar-refractivity contribution in [2.75, 3.05) is 5.32 Å². The number of benzene rings is 1. The van der Waals surface area contributed by atoms with E-state index in [0.717, 1.165) is 11.3 Å². The highest BCUT2D eigenvalue weighted by atomic mass is 16.4. The summed E-state index contributed by atoms with van der Waals surface area (Å²) in [5.74, 6) is -0.894. The van der Waals surface area contributed by atoms with Crippen LogP contribution in [0.2, 0.25) is 0 Å². The standard InChI is InChI=1S/C13H15NO2/c1-8-7-13(2,3)14-11-6-9(12(15)16)4-5-10(8)11/h4-7,14H,1-3H3,(H,15,16). The lowest BCUT2D eigenvalue weighted by molar-refractivity contribution is 0.0697. The predicted molar refractivity (Wildman–Crippen MR) is 64.8 cm³/mol. The average molecular weight is 217 g/mol. The van der Waals surface area contributed by atoms with Gasteiger partial charge in [0.05, 0.1) is 11.1 Å². The fourth-order valence-electron chi connectivity index (χ4n) is 2.13. The number of hydrogen-bond acceptors (Lipinski definition) is 2. The molecule has 1 aromatic rings. The van der Waals surface area contributed by atoms with Crippen LogP contribution in [-0.2, 0) is 0 Å². The lowest BCUT2D eigenvalue weighted by atomic mass is 9.90. The van der Waals surface area contributed by atoms with Gasteiger partial charge in [-0.3, -0.25) is 0 Å². The predicted octanol–water partition coefficient (Wildman–Crippen LogP) is 2.99. The van der Waals surface area contributed by atoms with E-state index in [9.17, 15) is 4.79 Å². The topological polar surface area (TPSA) is 49.3 Å². The van der Waals surface area contributed by atoms with E-state index in [-0.39, 0.29) is 5.54 Å². The van der Waals surface area contributed by atoms with Crippen molar-refractivity contribution in [2.45, 2.75) is 26.3 Å². The van der Waals surface area contributed by atoms with Gasteiger partial charge in [-0.05, 0) is 38.5 Å². The van der Waals surface area contributed by atoms with E-state index >= 15 is 0 Å². The molecule has 1 heterocycles. The Kier molecular flexibility index (Phi) is 2.26. The molecule has 0 aromatic heterocycles. The van der Waals surface area contributed by atoms with Crippen molar-refractivity contribution >= 4 is 17.2 Å². The van der Waals surface area contributed by atoms with E-state index in [2.05, 4.69) is 25.2 Å². The Labute approximate surface area is 94.8 Å². The Morgan fingerprint density at radius 2 is 2.06 bits per heavy atom. The summed E-state index contributed by atoms with van der Waals surface area (Å²) in [5, 5.41) is 12.3. The number of anilines is 1. The molecular formula is C13H15NO2. The van der Waals surface area contributed by atoms with Crippen LogP contribution in [0.15, 0.2) is 24.3 Å². The molecule has 3 nitrogen and oxygen atoms in total. The third-order valence-electron chi connectivity index (χ3n) is 2.73. The summed E-state index contributed by atoms with van der Waals surface area (Å²) in [7, 11) is 0. The minimum Gasteiger partial charge on any atom is -0.478 e. The first-order valence-corrected chi connectivity index (χ1v) is 5.24. The van der Waals surface area contributed by atoms with Crippen LogP contribution < -0.4 is 5.32 Å². The van der Waals surface area contributed by atoms with Crippen LogP contribution in [0.1, 0.15) is 36.7 Å². The molecule has 1 aromatic carbocycles. The Morgan fingerprint density at radius 1 is 1.38 bits per heavy atom. The zero-order chi connectivity index (χ0) is 11.9. The van der Waals surface area contributed by atoms with Crippen molar-refractivity contribution in [3.8, 4) is 0 Å². The van der Waals surface area contributed by atoms with Crippen LogP contribution in [0, 0.1) is 0 Å². The molecule has 0 aliphatic carbocycles. The summed E-state index contributed by atoms with van der Waals surface area (Å²) in [4.78, 5) is 10.9. The second-order valence-electron chi connectivity index (χ2n) is 4.74. The molecule has 0 unspecified atom stereocenters. The lowest BCUT2D eigenvalue weighted by Crippen LogP contribution is -2.31. The van der Waals surface area contributed by atoms with Gasteiger partial charge in [0.15, 0.2) is 0 Å². The molecule has 0 amide bonds. The van der Waals surface area contributed by atoms with E-state index in [1.54, 1.807) is 12.1 Å². The van der Waals surface area contributed by atoms with Crippen molar-refractivity contribution in [2.24, 2.45) is 0 Å². The van der Waals surface area contributed by atoms with Crippen LogP contribution in [0.5, 0.6) is 0 Å². The van der Waals surface area contributed by atoms with Gasteiger partial charge in [0, 0.05) is 11.3 Å². The van der Waals surface area contributed by atoms with E-state index in [1.807, 2.05) is 13.0 Å². The first-order chi connectivity index (χ1) is 7.39. The number of aromatic carboxylic acids is 1. The van der Waals surface area contributed by atoms with Gasteiger partial charge in [-0.25, -0.2) is 4.79 Å². The number of carboxylic acid groups (broad SMARTS) is 1. The van der Waals surface area contributed by atoms with E-state index in [1.165, 1.54) is 5.57 Å². The largest absolute Gasteiger partial charge is 0.478 e. The Hall–Kier alpha value is -1.77. The number of rotatable bonds is 1. The van der Waals surface area contributed by atoms with Crippen LogP contribution in [0.25, 0.3) is 5.57 Å². The maximum atomic E-state index is 10.9. The molecule has 16 heavy (non-hydrogen) atoms. The average Bonchev–Trinajstić information content (AvgIpc) is 2.14. The third kappa shape index (κ3) is 1.81. The molecule has 0 radical (unpaired) electrons. The number of carbonyl (C=O) groups is 1. The second-order valence-corrected chi connectivity index (χ2v) is 4.74. The van der Waals surface area contributed by atoms with Crippen molar-refractivity contribution in [1.29, 1.82) is 0 Å². The summed E-state index contributed by atoms with van der Waals surface area (Å²) < 4.78 is 0. The highest BCUT2D eigenvalue weighted by Gasteiger charge is 2.22. The van der Waals surface area contributed by atoms with Crippen LogP contribution >= 0.6 is 0 Å². The van der Waals surface area contributed by atoms with Crippen molar-refractivity contribution in [1.82, 2.24) is 0 Å². The lowest BCUT2D eigenvalue weighted by Gasteiger charge is -2.31. The number of carboxylic acids is 1. The zero-order valence-corrected chi connectivity index (χ0v) is 9.66. The Bertz CT molecular complexity index is 487. The minimum absolute atomic E-state index is 0.131. The number of hydrogen-bond donors (Lipinski definition) is 2. The molecule has 0 spiro atoms. The molecule has 0 atom stereocenters. The third-order valence-corrected chi connectivity index (χ3v) is 2.73. The van der Waals surface area contributed by atoms with Gasteiger partial charge in [-0.1, -0.05) is 12.1 Å². The van der Waals surface area contributed by atoms with Crippen molar-refractivity contribution in [3.05, 3.63) is 35.4 Å². The smallest absolute Gasteiger partial charge is 0.335 e. The molecule has 3 heteroatoms. The molecule has 0 fully saturated rings. The molecule has 0 bridgehead atoms. The van der Waals surface area contributed by atoms with Gasteiger partial charge < -0.3 is 10.4 Å². The van der Waals surface area contributed by atoms with Crippen molar-refractivity contribution in [3.63, 3.8) is 0 Å². The Morgan fingerprint density at radius 3 is 2.69 bits per heavy atom. The maximum Gasteiger partial charge on any atom is 0.335 e. The molecule has 2 rings (SSSR count). The van der Waals surface area contributed by atoms with Crippen LogP contribution in [0.3, 0.4) is 0 Å². The second kappa shape index (κ2) is 3.37. The fourth-order valence-corrected chi connectivity index (χ4v) is 2.13. The molecule has 1 aliphatic heterocycles. The van der Waals surface area contributed by atoms with Gasteiger partial charge in [0.2, 0.25) is 0 Å². The highest BCUT2D eigenvalue weighted by molar-refractivity contribution is 5.91. The van der Waals surface area contributed by atoms with Crippen molar-refractivity contribution < 1.29 is 9.90 Å². The molecule has 84 valence electrons. The number of nitrogens with one attached hydrogen (secondary N) is 1. The number of fused-ring (bicyclic) bond motifs is 1. The Balaban J connectivity index is 2.54. The summed E-state index contributed by atoms with van der Waals surface area (Å²) in [6.45, 7) is 6.17. The monoisotopic (exact) mass is 217 g/mol. The van der Waals surface area contributed by atoms with Crippen LogP contribution in [0.4, 0.5) is 5.69 Å². The van der Waals surface area contributed by atoms with E-state index in [4.69, 9.17) is 5.11 Å². The molecule has 2 N–H and O–H groups in total. The van der Waals surface area contributed by atoms with Gasteiger partial charge in [-0.15, -0.1) is 0 Å². The quantitative estimate of drug-likeness (QED) is 0.760. The normalized spacial score (nSPS) is 17.1. The summed E-state index contributed by atoms with van der Waals surface area (Å²) in [6.07, 6.45) is 2.15. The minimum atomic E-state index is -0.894. The van der Waals surface area contributed by atoms with Gasteiger partial charge in [0.25, 0.3) is 0 Å². The van der Waals surface area contributed by atoms with E-state index in [0.29, 0.717) is 5.56 Å². The first kappa shape index (κ1) is 10.7. The first-order valence-electron chi connectivity index (χ1n) is 5.24. The molecule has 0 saturated carbocycles. The zero-order valence-electron chi connectivity index (χ0n) is 9.66.